The van der Waals surface area contributed by atoms with E-state index in [0.717, 1.165) is 11.3 Å². The zero-order valence-electron chi connectivity index (χ0n) is 9.79. The van der Waals surface area contributed by atoms with Crippen LogP contribution < -0.4 is 4.72 Å². The number of hydrogen-bond donors (Lipinski definition) is 1. The molecule has 0 aliphatic heterocycles. The average Bonchev–Trinajstić information content (AvgIpc) is 2.76. The van der Waals surface area contributed by atoms with E-state index in [1.807, 2.05) is 0 Å². The Balaban J connectivity index is 2.30. The molecule has 19 heavy (non-hydrogen) atoms. The lowest BCUT2D eigenvalue weighted by atomic mass is 10.3. The molecule has 1 aromatic carbocycles. The zero-order valence-corrected chi connectivity index (χ0v) is 13.0. The Hall–Kier alpha value is -0.890. The largest absolute Gasteiger partial charge is 0.279 e. The number of benzene rings is 1. The fourth-order valence-electron chi connectivity index (χ4n) is 1.39. The van der Waals surface area contributed by atoms with Crippen LogP contribution in [0.3, 0.4) is 0 Å². The Labute approximate surface area is 122 Å². The molecule has 1 N–H and O–H groups in total. The molecule has 0 radical (unpaired) electrons. The number of hydrogen-bond acceptors (Lipinski definition) is 4. The van der Waals surface area contributed by atoms with Crippen molar-refractivity contribution in [2.24, 2.45) is 0 Å². The van der Waals surface area contributed by atoms with Crippen molar-refractivity contribution in [3.8, 4) is 0 Å². The van der Waals surface area contributed by atoms with Crippen LogP contribution in [-0.2, 0) is 20.8 Å². The van der Waals surface area contributed by atoms with Crippen molar-refractivity contribution in [3.05, 3.63) is 40.7 Å². The Kier molecular flexibility index (Phi) is 4.29. The maximum absolute atomic E-state index is 12.1. The van der Waals surface area contributed by atoms with Gasteiger partial charge in [0.25, 0.3) is 10.0 Å². The highest BCUT2D eigenvalue weighted by Gasteiger charge is 2.16. The third-order valence-electron chi connectivity index (χ3n) is 2.23. The smallest absolute Gasteiger partial charge is 0.271 e. The lowest BCUT2D eigenvalue weighted by molar-refractivity contribution is 0.603. The number of rotatable bonds is 4. The molecular weight excluding hydrogens is 326 g/mol. The molecule has 0 saturated heterocycles. The second-order valence-corrected chi connectivity index (χ2v) is 8.65. The van der Waals surface area contributed by atoms with Gasteiger partial charge in [0.05, 0.1) is 10.0 Å². The molecule has 0 aliphatic carbocycles. The summed E-state index contributed by atoms with van der Waals surface area (Å²) in [6.07, 6.45) is 1.53. The molecule has 1 atom stereocenters. The summed E-state index contributed by atoms with van der Waals surface area (Å²) in [6, 6.07) is 9.44. The van der Waals surface area contributed by atoms with E-state index in [1.165, 1.54) is 18.4 Å². The summed E-state index contributed by atoms with van der Waals surface area (Å²) in [4.78, 5) is 0.560. The zero-order chi connectivity index (χ0) is 14.0. The third-order valence-corrected chi connectivity index (χ3v) is 6.25. The van der Waals surface area contributed by atoms with Crippen molar-refractivity contribution < 1.29 is 12.6 Å². The first-order chi connectivity index (χ1) is 8.88. The van der Waals surface area contributed by atoms with E-state index in [-0.39, 0.29) is 4.21 Å². The maximum Gasteiger partial charge on any atom is 0.271 e. The molecule has 0 bridgehead atoms. The number of halogens is 1. The number of anilines is 1. The molecule has 0 amide bonds. The summed E-state index contributed by atoms with van der Waals surface area (Å²) in [6.45, 7) is 0. The van der Waals surface area contributed by atoms with Crippen LogP contribution in [0.25, 0.3) is 0 Å². The number of sulfonamides is 1. The van der Waals surface area contributed by atoms with Crippen LogP contribution in [0, 0.1) is 0 Å². The topological polar surface area (TPSA) is 63.2 Å². The van der Waals surface area contributed by atoms with Gasteiger partial charge in [0, 0.05) is 22.0 Å². The molecule has 1 aromatic heterocycles. The highest BCUT2D eigenvalue weighted by molar-refractivity contribution is 7.94. The minimum absolute atomic E-state index is 0.139. The maximum atomic E-state index is 12.1. The van der Waals surface area contributed by atoms with E-state index in [2.05, 4.69) is 4.72 Å². The van der Waals surface area contributed by atoms with Gasteiger partial charge in [0.2, 0.25) is 0 Å². The summed E-state index contributed by atoms with van der Waals surface area (Å²) in [7, 11) is -4.81. The normalized spacial score (nSPS) is 13.2. The predicted molar refractivity (Wildman–Crippen MR) is 78.9 cm³/mol. The third kappa shape index (κ3) is 3.56. The first kappa shape index (κ1) is 14.5. The van der Waals surface area contributed by atoms with Crippen molar-refractivity contribution in [3.63, 3.8) is 0 Å². The van der Waals surface area contributed by atoms with Gasteiger partial charge in [-0.15, -0.1) is 11.3 Å². The molecule has 1 unspecified atom stereocenters. The first-order valence-corrected chi connectivity index (χ1v) is 9.34. The van der Waals surface area contributed by atoms with Crippen LogP contribution in [0.4, 0.5) is 5.69 Å². The van der Waals surface area contributed by atoms with E-state index in [4.69, 9.17) is 11.6 Å². The first-order valence-electron chi connectivity index (χ1n) is 5.10. The highest BCUT2D eigenvalue weighted by atomic mass is 35.5. The molecule has 0 saturated carbocycles. The predicted octanol–water partition coefficient (Wildman–Crippen LogP) is 2.94. The molecule has 8 heteroatoms. The molecule has 1 heterocycles. The summed E-state index contributed by atoms with van der Waals surface area (Å²) in [5.41, 5.74) is 0.372. The van der Waals surface area contributed by atoms with Gasteiger partial charge in [-0.05, 0) is 30.3 Å². The summed E-state index contributed by atoms with van der Waals surface area (Å²) in [5, 5.41) is 0. The van der Waals surface area contributed by atoms with Crippen LogP contribution in [-0.4, -0.2) is 18.9 Å². The minimum atomic E-state index is -3.65. The summed E-state index contributed by atoms with van der Waals surface area (Å²) >= 11 is 6.70. The molecule has 4 nitrogen and oxygen atoms in total. The standard InChI is InChI=1S/C11H10ClNO3S3/c1-18(14)9-4-2-3-8(7-9)13-19(15,16)11-6-5-10(12)17-11/h2-7,13H,1H3. The molecular formula is C11H10ClNO3S3. The quantitative estimate of drug-likeness (QED) is 0.934. The molecule has 0 spiro atoms. The Bertz CT molecular complexity index is 724. The van der Waals surface area contributed by atoms with Crippen molar-refractivity contribution in [2.75, 3.05) is 11.0 Å². The van der Waals surface area contributed by atoms with Gasteiger partial charge in [-0.1, -0.05) is 17.7 Å². The Morgan fingerprint density at radius 2 is 2.00 bits per heavy atom. The molecule has 2 aromatic rings. The van der Waals surface area contributed by atoms with Crippen molar-refractivity contribution in [2.45, 2.75) is 9.10 Å². The molecule has 0 fully saturated rings. The van der Waals surface area contributed by atoms with Crippen LogP contribution in [0.2, 0.25) is 4.34 Å². The van der Waals surface area contributed by atoms with Crippen molar-refractivity contribution in [1.29, 1.82) is 0 Å². The second-order valence-electron chi connectivity index (χ2n) is 3.65. The monoisotopic (exact) mass is 335 g/mol. The van der Waals surface area contributed by atoms with Gasteiger partial charge in [0.15, 0.2) is 0 Å². The van der Waals surface area contributed by atoms with E-state index < -0.39 is 20.8 Å². The second kappa shape index (κ2) is 5.62. The SMILES string of the molecule is CS(=O)c1cccc(NS(=O)(=O)c2ccc(Cl)s2)c1. The van der Waals surface area contributed by atoms with Crippen LogP contribution in [0.1, 0.15) is 0 Å². The Morgan fingerprint density at radius 1 is 1.26 bits per heavy atom. The molecule has 102 valence electrons. The van der Waals surface area contributed by atoms with Gasteiger partial charge < -0.3 is 0 Å². The van der Waals surface area contributed by atoms with Crippen molar-refractivity contribution in [1.82, 2.24) is 0 Å². The van der Waals surface area contributed by atoms with Gasteiger partial charge in [-0.25, -0.2) is 8.42 Å². The van der Waals surface area contributed by atoms with Gasteiger partial charge in [-0.3, -0.25) is 8.93 Å². The summed E-state index contributed by atoms with van der Waals surface area (Å²) in [5.74, 6) is 0. The summed E-state index contributed by atoms with van der Waals surface area (Å²) < 4.78 is 38.5. The Morgan fingerprint density at radius 3 is 2.58 bits per heavy atom. The fraction of sp³-hybridized carbons (Fsp3) is 0.0909. The highest BCUT2D eigenvalue weighted by Crippen LogP contribution is 2.27. The molecule has 2 rings (SSSR count). The van der Waals surface area contributed by atoms with E-state index in [0.29, 0.717) is 14.9 Å². The van der Waals surface area contributed by atoms with E-state index in [1.54, 1.807) is 24.3 Å². The van der Waals surface area contributed by atoms with Crippen LogP contribution in [0.15, 0.2) is 45.5 Å². The fourth-order valence-corrected chi connectivity index (χ4v) is 4.48. The van der Waals surface area contributed by atoms with E-state index in [9.17, 15) is 12.6 Å². The van der Waals surface area contributed by atoms with Crippen LogP contribution >= 0.6 is 22.9 Å². The minimum Gasteiger partial charge on any atom is -0.279 e. The molecule has 0 aliphatic rings. The van der Waals surface area contributed by atoms with E-state index >= 15 is 0 Å². The lowest BCUT2D eigenvalue weighted by Crippen LogP contribution is -2.11. The van der Waals surface area contributed by atoms with Gasteiger partial charge in [0.1, 0.15) is 4.21 Å². The van der Waals surface area contributed by atoms with Gasteiger partial charge >= 0.3 is 0 Å². The number of nitrogens with one attached hydrogen (secondary N) is 1. The number of thiophene rings is 1. The average molecular weight is 336 g/mol. The lowest BCUT2D eigenvalue weighted by Gasteiger charge is -2.07. The van der Waals surface area contributed by atoms with Gasteiger partial charge in [-0.2, -0.15) is 0 Å². The van der Waals surface area contributed by atoms with Crippen molar-refractivity contribution >= 4 is 49.4 Å². The van der Waals surface area contributed by atoms with Crippen LogP contribution in [0.5, 0.6) is 0 Å².